The third-order valence-electron chi connectivity index (χ3n) is 3.64. The fraction of sp³-hybridized carbons (Fsp3) is 0.294. The van der Waals surface area contributed by atoms with Gasteiger partial charge in [0.05, 0.1) is 12.2 Å². The molecule has 1 aliphatic heterocycles. The van der Waals surface area contributed by atoms with Crippen LogP contribution in [0.3, 0.4) is 0 Å². The summed E-state index contributed by atoms with van der Waals surface area (Å²) in [5, 5.41) is 2.89. The van der Waals surface area contributed by atoms with Gasteiger partial charge in [-0.2, -0.15) is 0 Å². The van der Waals surface area contributed by atoms with Gasteiger partial charge in [0, 0.05) is 25.0 Å². The molecule has 2 heterocycles. The first kappa shape index (κ1) is 15.0. The fourth-order valence-electron chi connectivity index (χ4n) is 2.53. The van der Waals surface area contributed by atoms with Crippen LogP contribution in [0.4, 0.5) is 10.5 Å². The van der Waals surface area contributed by atoms with Crippen LogP contribution in [0.2, 0.25) is 0 Å². The SMILES string of the molecule is C#CCOc1ccc(NC(=O)N2CCn3cc(C)nc3C2)cc1. The summed E-state index contributed by atoms with van der Waals surface area (Å²) in [4.78, 5) is 18.6. The Morgan fingerprint density at radius 3 is 2.91 bits per heavy atom. The van der Waals surface area contributed by atoms with Gasteiger partial charge in [0.15, 0.2) is 0 Å². The molecule has 1 N–H and O–H groups in total. The fourth-order valence-corrected chi connectivity index (χ4v) is 2.53. The van der Waals surface area contributed by atoms with Crippen LogP contribution in [0.15, 0.2) is 30.5 Å². The number of rotatable bonds is 3. The van der Waals surface area contributed by atoms with Gasteiger partial charge >= 0.3 is 6.03 Å². The van der Waals surface area contributed by atoms with Crippen LogP contribution >= 0.6 is 0 Å². The van der Waals surface area contributed by atoms with Gasteiger partial charge in [-0.1, -0.05) is 5.92 Å². The van der Waals surface area contributed by atoms with Crippen molar-refractivity contribution in [2.75, 3.05) is 18.5 Å². The van der Waals surface area contributed by atoms with Crippen molar-refractivity contribution in [2.24, 2.45) is 0 Å². The average molecular weight is 310 g/mol. The molecule has 6 heteroatoms. The maximum atomic E-state index is 12.4. The molecule has 0 unspecified atom stereocenters. The molecule has 2 aromatic rings. The van der Waals surface area contributed by atoms with E-state index in [1.807, 2.05) is 13.1 Å². The molecule has 1 aliphatic rings. The van der Waals surface area contributed by atoms with Gasteiger partial charge in [0.1, 0.15) is 18.2 Å². The van der Waals surface area contributed by atoms with E-state index in [9.17, 15) is 4.79 Å². The molecule has 6 nitrogen and oxygen atoms in total. The van der Waals surface area contributed by atoms with Gasteiger partial charge in [0.25, 0.3) is 0 Å². The van der Waals surface area contributed by atoms with Crippen molar-refractivity contribution in [1.29, 1.82) is 0 Å². The lowest BCUT2D eigenvalue weighted by atomic mass is 10.3. The third-order valence-corrected chi connectivity index (χ3v) is 3.64. The molecule has 0 atom stereocenters. The molecular weight excluding hydrogens is 292 g/mol. The molecule has 0 aliphatic carbocycles. The summed E-state index contributed by atoms with van der Waals surface area (Å²) in [6.45, 7) is 4.13. The summed E-state index contributed by atoms with van der Waals surface area (Å²) >= 11 is 0. The van der Waals surface area contributed by atoms with Crippen LogP contribution in [0.5, 0.6) is 5.75 Å². The zero-order chi connectivity index (χ0) is 16.2. The van der Waals surface area contributed by atoms with Gasteiger partial charge in [0.2, 0.25) is 0 Å². The van der Waals surface area contributed by atoms with Gasteiger partial charge in [-0.15, -0.1) is 6.42 Å². The highest BCUT2D eigenvalue weighted by Gasteiger charge is 2.21. The van der Waals surface area contributed by atoms with Crippen LogP contribution in [-0.2, 0) is 13.1 Å². The Bertz CT molecular complexity index is 743. The number of nitrogens with one attached hydrogen (secondary N) is 1. The average Bonchev–Trinajstić information content (AvgIpc) is 2.93. The van der Waals surface area contributed by atoms with E-state index in [1.54, 1.807) is 29.2 Å². The number of carbonyl (C=O) groups is 1. The maximum absolute atomic E-state index is 12.4. The number of hydrogen-bond donors (Lipinski definition) is 1. The molecule has 0 radical (unpaired) electrons. The second-order valence-electron chi connectivity index (χ2n) is 5.36. The molecule has 2 amide bonds. The predicted octanol–water partition coefficient (Wildman–Crippen LogP) is 2.25. The van der Waals surface area contributed by atoms with E-state index in [1.165, 1.54) is 0 Å². The van der Waals surface area contributed by atoms with E-state index in [0.29, 0.717) is 24.5 Å². The number of benzene rings is 1. The number of aromatic nitrogens is 2. The Hall–Kier alpha value is -2.94. The second-order valence-corrected chi connectivity index (χ2v) is 5.36. The van der Waals surface area contributed by atoms with Crippen LogP contribution in [0.25, 0.3) is 0 Å². The minimum atomic E-state index is -0.130. The molecule has 1 aromatic carbocycles. The molecular formula is C17H18N4O2. The summed E-state index contributed by atoms with van der Waals surface area (Å²) in [6.07, 6.45) is 7.16. The summed E-state index contributed by atoms with van der Waals surface area (Å²) in [7, 11) is 0. The topological polar surface area (TPSA) is 59.4 Å². The number of anilines is 1. The van der Waals surface area contributed by atoms with E-state index in [2.05, 4.69) is 20.8 Å². The minimum Gasteiger partial charge on any atom is -0.481 e. The van der Waals surface area contributed by atoms with Gasteiger partial charge in [-0.05, 0) is 31.2 Å². The molecule has 0 spiro atoms. The summed E-state index contributed by atoms with van der Waals surface area (Å²) in [6, 6.07) is 7.00. The Morgan fingerprint density at radius 2 is 2.17 bits per heavy atom. The van der Waals surface area contributed by atoms with Crippen molar-refractivity contribution in [3.05, 3.63) is 42.0 Å². The molecule has 0 fully saturated rings. The summed E-state index contributed by atoms with van der Waals surface area (Å²) < 4.78 is 7.40. The van der Waals surface area contributed by atoms with Crippen molar-refractivity contribution in [2.45, 2.75) is 20.0 Å². The maximum Gasteiger partial charge on any atom is 0.322 e. The molecule has 0 saturated heterocycles. The predicted molar refractivity (Wildman–Crippen MR) is 87.2 cm³/mol. The highest BCUT2D eigenvalue weighted by atomic mass is 16.5. The van der Waals surface area contributed by atoms with Gasteiger partial charge < -0.3 is 19.5 Å². The standard InChI is InChI=1S/C17H18N4O2/c1-3-10-23-15-6-4-14(5-7-15)19-17(22)21-9-8-20-11-13(2)18-16(20)12-21/h1,4-7,11H,8-10,12H2,2H3,(H,19,22). The number of nitrogens with zero attached hydrogens (tertiary/aromatic N) is 3. The molecule has 0 bridgehead atoms. The molecule has 3 rings (SSSR count). The normalized spacial score (nSPS) is 13.1. The van der Waals surface area contributed by atoms with E-state index in [0.717, 1.165) is 18.1 Å². The van der Waals surface area contributed by atoms with Gasteiger partial charge in [-0.3, -0.25) is 0 Å². The Morgan fingerprint density at radius 1 is 1.39 bits per heavy atom. The van der Waals surface area contributed by atoms with Crippen LogP contribution in [0, 0.1) is 19.3 Å². The minimum absolute atomic E-state index is 0.130. The highest BCUT2D eigenvalue weighted by Crippen LogP contribution is 2.18. The lowest BCUT2D eigenvalue weighted by Gasteiger charge is -2.27. The third kappa shape index (κ3) is 3.46. The first-order valence-electron chi connectivity index (χ1n) is 7.40. The van der Waals surface area contributed by atoms with E-state index in [4.69, 9.17) is 11.2 Å². The van der Waals surface area contributed by atoms with Crippen LogP contribution < -0.4 is 10.1 Å². The second kappa shape index (κ2) is 6.44. The Balaban J connectivity index is 1.60. The zero-order valence-electron chi connectivity index (χ0n) is 13.0. The lowest BCUT2D eigenvalue weighted by molar-refractivity contribution is 0.195. The smallest absolute Gasteiger partial charge is 0.322 e. The molecule has 23 heavy (non-hydrogen) atoms. The van der Waals surface area contributed by atoms with Crippen molar-refractivity contribution in [3.63, 3.8) is 0 Å². The number of aryl methyl sites for hydroxylation is 1. The number of hydrogen-bond acceptors (Lipinski definition) is 3. The van der Waals surface area contributed by atoms with Crippen molar-refractivity contribution >= 4 is 11.7 Å². The summed E-state index contributed by atoms with van der Waals surface area (Å²) in [5.74, 6) is 4.01. The Kier molecular flexibility index (Phi) is 4.20. The monoisotopic (exact) mass is 310 g/mol. The number of amides is 2. The van der Waals surface area contributed by atoms with Crippen LogP contribution in [0.1, 0.15) is 11.5 Å². The zero-order valence-corrected chi connectivity index (χ0v) is 13.0. The molecule has 118 valence electrons. The number of fused-ring (bicyclic) bond motifs is 1. The van der Waals surface area contributed by atoms with Crippen molar-refractivity contribution in [3.8, 4) is 18.1 Å². The highest BCUT2D eigenvalue weighted by molar-refractivity contribution is 5.89. The number of ether oxygens (including phenoxy) is 1. The van der Waals surface area contributed by atoms with Gasteiger partial charge in [-0.25, -0.2) is 9.78 Å². The lowest BCUT2D eigenvalue weighted by Crippen LogP contribution is -2.40. The molecule has 0 saturated carbocycles. The quantitative estimate of drug-likeness (QED) is 0.885. The van der Waals surface area contributed by atoms with E-state index in [-0.39, 0.29) is 12.6 Å². The first-order chi connectivity index (χ1) is 11.2. The summed E-state index contributed by atoms with van der Waals surface area (Å²) in [5.41, 5.74) is 1.69. The number of imidazole rings is 1. The van der Waals surface area contributed by atoms with E-state index >= 15 is 0 Å². The first-order valence-corrected chi connectivity index (χ1v) is 7.40. The number of urea groups is 1. The van der Waals surface area contributed by atoms with Crippen molar-refractivity contribution < 1.29 is 9.53 Å². The van der Waals surface area contributed by atoms with Crippen LogP contribution in [-0.4, -0.2) is 33.6 Å². The largest absolute Gasteiger partial charge is 0.481 e. The van der Waals surface area contributed by atoms with Crippen molar-refractivity contribution in [1.82, 2.24) is 14.5 Å². The number of carbonyl (C=O) groups excluding carboxylic acids is 1. The molecule has 1 aromatic heterocycles. The van der Waals surface area contributed by atoms with E-state index < -0.39 is 0 Å². The Labute approximate surface area is 135 Å². The number of terminal acetylenes is 1.